The van der Waals surface area contributed by atoms with Gasteiger partial charge in [-0.05, 0) is 19.1 Å². The molecule has 0 fully saturated rings. The number of rotatable bonds is 1. The normalized spacial score (nSPS) is 21.6. The summed E-state index contributed by atoms with van der Waals surface area (Å²) in [4.78, 5) is 0. The van der Waals surface area contributed by atoms with Crippen LogP contribution in [-0.2, 0) is 0 Å². The Kier molecular flexibility index (Phi) is 3.21. The minimum atomic E-state index is -0.0705. The van der Waals surface area contributed by atoms with Crippen LogP contribution in [0.2, 0.25) is 5.02 Å². The third-order valence-electron chi connectivity index (χ3n) is 3.55. The Bertz CT molecular complexity index is 611. The van der Waals surface area contributed by atoms with Gasteiger partial charge in [-0.15, -0.1) is 0 Å². The second-order valence-corrected chi connectivity index (χ2v) is 5.42. The zero-order valence-electron chi connectivity index (χ0n) is 10.8. The number of fused-ring (bicyclic) bond motifs is 1. The minimum Gasteiger partial charge on any atom is -0.485 e. The van der Waals surface area contributed by atoms with Gasteiger partial charge in [0.15, 0.2) is 0 Å². The van der Waals surface area contributed by atoms with Gasteiger partial charge in [-0.1, -0.05) is 47.5 Å². The Balaban J connectivity index is 1.97. The zero-order valence-corrected chi connectivity index (χ0v) is 11.5. The molecule has 1 aliphatic heterocycles. The van der Waals surface area contributed by atoms with Crippen LogP contribution in [0.5, 0.6) is 5.75 Å². The van der Waals surface area contributed by atoms with Crippen LogP contribution >= 0.6 is 11.6 Å². The van der Waals surface area contributed by atoms with Crippen molar-refractivity contribution in [1.29, 1.82) is 0 Å². The van der Waals surface area contributed by atoms with Crippen molar-refractivity contribution in [3.8, 4) is 5.75 Å². The Hall–Kier alpha value is -1.51. The summed E-state index contributed by atoms with van der Waals surface area (Å²) < 4.78 is 6.06. The monoisotopic (exact) mass is 273 g/mol. The largest absolute Gasteiger partial charge is 0.485 e. The first-order chi connectivity index (χ1) is 9.15. The van der Waals surface area contributed by atoms with E-state index in [9.17, 15) is 0 Å². The van der Waals surface area contributed by atoms with Gasteiger partial charge in [-0.2, -0.15) is 0 Å². The quantitative estimate of drug-likeness (QED) is 0.846. The van der Waals surface area contributed by atoms with E-state index < -0.39 is 0 Å². The highest BCUT2D eigenvalue weighted by Gasteiger charge is 2.28. The molecule has 0 aliphatic carbocycles. The standard InChI is InChI=1S/C16H16ClNO/c1-10-6-7-15-12(8-10)14(18)9-16(19-15)11-4-2-3-5-13(11)17/h2-8,14,16H,9,18H2,1H3/t14-,16?/m0/s1. The molecule has 0 saturated carbocycles. The van der Waals surface area contributed by atoms with E-state index in [4.69, 9.17) is 22.1 Å². The van der Waals surface area contributed by atoms with Gasteiger partial charge in [0, 0.05) is 28.6 Å². The van der Waals surface area contributed by atoms with Crippen molar-refractivity contribution in [2.75, 3.05) is 0 Å². The third-order valence-corrected chi connectivity index (χ3v) is 3.90. The van der Waals surface area contributed by atoms with Crippen molar-refractivity contribution in [2.45, 2.75) is 25.5 Å². The lowest BCUT2D eigenvalue weighted by Gasteiger charge is -2.31. The van der Waals surface area contributed by atoms with Crippen LogP contribution in [-0.4, -0.2) is 0 Å². The number of halogens is 1. The van der Waals surface area contributed by atoms with E-state index in [1.165, 1.54) is 5.56 Å². The van der Waals surface area contributed by atoms with Gasteiger partial charge in [0.1, 0.15) is 11.9 Å². The highest BCUT2D eigenvalue weighted by molar-refractivity contribution is 6.31. The molecule has 3 rings (SSSR count). The van der Waals surface area contributed by atoms with Crippen molar-refractivity contribution in [2.24, 2.45) is 5.73 Å². The second-order valence-electron chi connectivity index (χ2n) is 5.01. The lowest BCUT2D eigenvalue weighted by molar-refractivity contribution is 0.161. The molecular weight excluding hydrogens is 258 g/mol. The molecule has 2 N–H and O–H groups in total. The summed E-state index contributed by atoms with van der Waals surface area (Å²) in [6.07, 6.45) is 0.680. The smallest absolute Gasteiger partial charge is 0.127 e. The topological polar surface area (TPSA) is 35.2 Å². The highest BCUT2D eigenvalue weighted by Crippen LogP contribution is 2.41. The molecule has 2 atom stereocenters. The first-order valence-corrected chi connectivity index (χ1v) is 6.80. The van der Waals surface area contributed by atoms with Crippen LogP contribution < -0.4 is 10.5 Å². The molecular formula is C16H16ClNO. The number of nitrogens with two attached hydrogens (primary N) is 1. The van der Waals surface area contributed by atoms with Crippen LogP contribution in [0.25, 0.3) is 0 Å². The molecule has 2 aromatic rings. The first kappa shape index (κ1) is 12.5. The van der Waals surface area contributed by atoms with E-state index in [1.54, 1.807) is 0 Å². The summed E-state index contributed by atoms with van der Waals surface area (Å²) in [7, 11) is 0. The average molecular weight is 274 g/mol. The number of aryl methyl sites for hydroxylation is 1. The van der Waals surface area contributed by atoms with Gasteiger partial charge >= 0.3 is 0 Å². The molecule has 1 unspecified atom stereocenters. The minimum absolute atomic E-state index is 0.00933. The Morgan fingerprint density at radius 1 is 1.16 bits per heavy atom. The maximum atomic E-state index is 6.27. The van der Waals surface area contributed by atoms with E-state index in [0.29, 0.717) is 0 Å². The Labute approximate surface area is 118 Å². The van der Waals surface area contributed by atoms with E-state index in [1.807, 2.05) is 36.4 Å². The SMILES string of the molecule is Cc1ccc2c(c1)[C@@H](N)CC(c1ccccc1Cl)O2. The fourth-order valence-electron chi connectivity index (χ4n) is 2.55. The number of benzene rings is 2. The molecule has 0 spiro atoms. The number of hydrogen-bond donors (Lipinski definition) is 1. The van der Waals surface area contributed by atoms with Gasteiger partial charge < -0.3 is 10.5 Å². The number of hydrogen-bond acceptors (Lipinski definition) is 2. The van der Waals surface area contributed by atoms with Crippen molar-refractivity contribution >= 4 is 11.6 Å². The van der Waals surface area contributed by atoms with Crippen molar-refractivity contribution in [3.05, 3.63) is 64.2 Å². The molecule has 2 nitrogen and oxygen atoms in total. The summed E-state index contributed by atoms with van der Waals surface area (Å²) in [6.45, 7) is 2.06. The molecule has 0 aromatic heterocycles. The van der Waals surface area contributed by atoms with E-state index in [-0.39, 0.29) is 12.1 Å². The fraction of sp³-hybridized carbons (Fsp3) is 0.250. The molecule has 1 aliphatic rings. The average Bonchev–Trinajstić information content (AvgIpc) is 2.40. The maximum Gasteiger partial charge on any atom is 0.127 e. The van der Waals surface area contributed by atoms with Crippen molar-refractivity contribution < 1.29 is 4.74 Å². The van der Waals surface area contributed by atoms with Crippen LogP contribution in [0, 0.1) is 6.92 Å². The van der Waals surface area contributed by atoms with E-state index >= 15 is 0 Å². The van der Waals surface area contributed by atoms with Crippen LogP contribution in [0.4, 0.5) is 0 Å². The van der Waals surface area contributed by atoms with Crippen LogP contribution in [0.3, 0.4) is 0 Å². The van der Waals surface area contributed by atoms with Gasteiger partial charge in [-0.3, -0.25) is 0 Å². The predicted octanol–water partition coefficient (Wildman–Crippen LogP) is 4.17. The first-order valence-electron chi connectivity index (χ1n) is 6.42. The Morgan fingerprint density at radius 2 is 1.95 bits per heavy atom. The van der Waals surface area contributed by atoms with Crippen molar-refractivity contribution in [1.82, 2.24) is 0 Å². The molecule has 98 valence electrons. The summed E-state index contributed by atoms with van der Waals surface area (Å²) in [5.41, 5.74) is 9.56. The lowest BCUT2D eigenvalue weighted by atomic mass is 9.92. The fourth-order valence-corrected chi connectivity index (χ4v) is 2.81. The summed E-state index contributed by atoms with van der Waals surface area (Å²) >= 11 is 6.24. The predicted molar refractivity (Wildman–Crippen MR) is 77.5 cm³/mol. The van der Waals surface area contributed by atoms with Gasteiger partial charge in [0.05, 0.1) is 0 Å². The second kappa shape index (κ2) is 4.87. The molecule has 0 bridgehead atoms. The molecule has 3 heteroatoms. The third kappa shape index (κ3) is 2.34. The number of ether oxygens (including phenoxy) is 1. The van der Waals surface area contributed by atoms with Crippen molar-refractivity contribution in [3.63, 3.8) is 0 Å². The summed E-state index contributed by atoms with van der Waals surface area (Å²) in [5.74, 6) is 0.870. The maximum absolute atomic E-state index is 6.27. The van der Waals surface area contributed by atoms with Crippen LogP contribution in [0.1, 0.15) is 35.3 Å². The molecule has 0 amide bonds. The molecule has 0 saturated heterocycles. The molecule has 19 heavy (non-hydrogen) atoms. The van der Waals surface area contributed by atoms with Crippen LogP contribution in [0.15, 0.2) is 42.5 Å². The van der Waals surface area contributed by atoms with Gasteiger partial charge in [-0.25, -0.2) is 0 Å². The molecule has 0 radical (unpaired) electrons. The van der Waals surface area contributed by atoms with Gasteiger partial charge in [0.25, 0.3) is 0 Å². The molecule has 2 aromatic carbocycles. The molecule has 1 heterocycles. The van der Waals surface area contributed by atoms with E-state index in [2.05, 4.69) is 13.0 Å². The Morgan fingerprint density at radius 3 is 2.74 bits per heavy atom. The zero-order chi connectivity index (χ0) is 13.4. The highest BCUT2D eigenvalue weighted by atomic mass is 35.5. The summed E-state index contributed by atoms with van der Waals surface area (Å²) in [5, 5.41) is 0.732. The van der Waals surface area contributed by atoms with Gasteiger partial charge in [0.2, 0.25) is 0 Å². The summed E-state index contributed by atoms with van der Waals surface area (Å²) in [6, 6.07) is 13.9. The lowest BCUT2D eigenvalue weighted by Crippen LogP contribution is -2.24. The van der Waals surface area contributed by atoms with E-state index in [0.717, 1.165) is 28.3 Å².